The Morgan fingerprint density at radius 3 is 1.33 bits per heavy atom. The Hall–Kier alpha value is -3.96. The van der Waals surface area contributed by atoms with E-state index in [0.29, 0.717) is 13.0 Å². The molecule has 0 aromatic heterocycles. The van der Waals surface area contributed by atoms with Crippen LogP contribution in [0.4, 0.5) is 0 Å². The monoisotopic (exact) mass is 799 g/mol. The standard InChI is InChI=1S/C53H82O5/c1-4-7-10-13-16-19-22-25-27-29-31-34-37-40-43-46-52(54)57-50-51(49-56-48-45-42-39-36-33-30-26-23-20-17-14-11-8-5-2)58-53(55)47-44-41-38-35-32-28-24-21-18-15-12-9-6-3/h7,9-12,14,16,18-21,23,25,27-28,31-32,34,38,40-41,43,51H,4-6,8,13,15,17,22,24,26,29-30,33,35-37,39,42,44-50H2,1-3H3/b10-7-,12-9-,14-11-,19-16-,21-18-,23-20-,27-25-,32-28-,34-31-,41-38-,43-40-. The summed E-state index contributed by atoms with van der Waals surface area (Å²) in [7, 11) is 0. The molecule has 0 radical (unpaired) electrons. The Morgan fingerprint density at radius 1 is 0.414 bits per heavy atom. The molecule has 0 saturated heterocycles. The lowest BCUT2D eigenvalue weighted by molar-refractivity contribution is -0.162. The Kier molecular flexibility index (Phi) is 44.2. The lowest BCUT2D eigenvalue weighted by Crippen LogP contribution is -2.30. The number of hydrogen-bond donors (Lipinski definition) is 0. The van der Waals surface area contributed by atoms with Gasteiger partial charge < -0.3 is 14.2 Å². The molecule has 5 heteroatoms. The van der Waals surface area contributed by atoms with Crippen LogP contribution in [0.15, 0.2) is 134 Å². The lowest BCUT2D eigenvalue weighted by atomic mass is 10.1. The average Bonchev–Trinajstić information content (AvgIpc) is 3.22. The van der Waals surface area contributed by atoms with Gasteiger partial charge in [0.25, 0.3) is 0 Å². The van der Waals surface area contributed by atoms with Gasteiger partial charge in [0.1, 0.15) is 6.61 Å². The second-order valence-corrected chi connectivity index (χ2v) is 14.2. The van der Waals surface area contributed by atoms with Gasteiger partial charge in [-0.3, -0.25) is 9.59 Å². The molecule has 1 atom stereocenters. The van der Waals surface area contributed by atoms with E-state index < -0.39 is 6.10 Å². The van der Waals surface area contributed by atoms with Gasteiger partial charge in [-0.05, 0) is 96.3 Å². The molecular formula is C53H82O5. The van der Waals surface area contributed by atoms with E-state index in [9.17, 15) is 9.59 Å². The van der Waals surface area contributed by atoms with Crippen molar-refractivity contribution in [3.8, 4) is 0 Å². The quantitative estimate of drug-likeness (QED) is 0.0352. The highest BCUT2D eigenvalue weighted by Gasteiger charge is 2.17. The summed E-state index contributed by atoms with van der Waals surface area (Å²) >= 11 is 0. The first kappa shape index (κ1) is 54.0. The van der Waals surface area contributed by atoms with Crippen LogP contribution in [-0.2, 0) is 23.8 Å². The van der Waals surface area contributed by atoms with Gasteiger partial charge in [-0.1, -0.05) is 187 Å². The van der Waals surface area contributed by atoms with Gasteiger partial charge in [-0.15, -0.1) is 0 Å². The van der Waals surface area contributed by atoms with Gasteiger partial charge in [0.15, 0.2) is 6.10 Å². The maximum absolute atomic E-state index is 12.7. The van der Waals surface area contributed by atoms with Crippen molar-refractivity contribution in [3.05, 3.63) is 134 Å². The molecule has 0 bridgehead atoms. The zero-order valence-electron chi connectivity index (χ0n) is 37.0. The third-order valence-corrected chi connectivity index (χ3v) is 8.68. The molecule has 5 nitrogen and oxygen atoms in total. The molecule has 1 unspecified atom stereocenters. The molecule has 0 aliphatic heterocycles. The second kappa shape index (κ2) is 47.4. The van der Waals surface area contributed by atoms with E-state index in [4.69, 9.17) is 14.2 Å². The number of allylic oxidation sites excluding steroid dienone is 21. The maximum atomic E-state index is 12.7. The van der Waals surface area contributed by atoms with E-state index in [0.717, 1.165) is 83.5 Å². The van der Waals surface area contributed by atoms with Crippen LogP contribution >= 0.6 is 0 Å². The number of unbranched alkanes of at least 4 members (excludes halogenated alkanes) is 7. The smallest absolute Gasteiger partial charge is 0.309 e. The normalized spacial score (nSPS) is 13.5. The number of rotatable bonds is 39. The van der Waals surface area contributed by atoms with Crippen LogP contribution in [-0.4, -0.2) is 37.9 Å². The molecular weight excluding hydrogens is 717 g/mol. The summed E-state index contributed by atoms with van der Waals surface area (Å²) in [4.78, 5) is 25.2. The minimum absolute atomic E-state index is 0.0112. The molecule has 0 aliphatic rings. The summed E-state index contributed by atoms with van der Waals surface area (Å²) < 4.78 is 17.1. The first-order valence-corrected chi connectivity index (χ1v) is 22.7. The van der Waals surface area contributed by atoms with Crippen molar-refractivity contribution in [2.45, 2.75) is 168 Å². The molecule has 0 rings (SSSR count). The van der Waals surface area contributed by atoms with Gasteiger partial charge in [0.2, 0.25) is 0 Å². The molecule has 0 N–H and O–H groups in total. The van der Waals surface area contributed by atoms with Gasteiger partial charge in [0.05, 0.1) is 13.0 Å². The van der Waals surface area contributed by atoms with Gasteiger partial charge >= 0.3 is 11.9 Å². The van der Waals surface area contributed by atoms with Crippen molar-refractivity contribution in [1.82, 2.24) is 0 Å². The molecule has 0 amide bonds. The maximum Gasteiger partial charge on any atom is 0.309 e. The molecule has 0 fully saturated rings. The van der Waals surface area contributed by atoms with Crippen LogP contribution in [0, 0.1) is 0 Å². The zero-order chi connectivity index (χ0) is 42.1. The topological polar surface area (TPSA) is 61.8 Å². The van der Waals surface area contributed by atoms with Crippen LogP contribution < -0.4 is 0 Å². The van der Waals surface area contributed by atoms with E-state index >= 15 is 0 Å². The van der Waals surface area contributed by atoms with Gasteiger partial charge in [-0.2, -0.15) is 0 Å². The minimum Gasteiger partial charge on any atom is -0.461 e. The fourth-order valence-corrected chi connectivity index (χ4v) is 5.40. The Balaban J connectivity index is 4.54. The summed E-state index contributed by atoms with van der Waals surface area (Å²) in [6, 6.07) is 0. The number of carbonyl (C=O) groups excluding carboxylic acids is 2. The van der Waals surface area contributed by atoms with Crippen LogP contribution in [0.1, 0.15) is 162 Å². The van der Waals surface area contributed by atoms with Gasteiger partial charge in [-0.25, -0.2) is 0 Å². The van der Waals surface area contributed by atoms with Gasteiger partial charge in [0, 0.05) is 13.0 Å². The molecule has 0 aromatic rings. The van der Waals surface area contributed by atoms with Crippen molar-refractivity contribution in [2.24, 2.45) is 0 Å². The molecule has 0 heterocycles. The van der Waals surface area contributed by atoms with Crippen molar-refractivity contribution >= 4 is 11.9 Å². The van der Waals surface area contributed by atoms with E-state index in [2.05, 4.69) is 136 Å². The van der Waals surface area contributed by atoms with E-state index in [1.165, 1.54) is 38.5 Å². The highest BCUT2D eigenvalue weighted by molar-refractivity contribution is 5.71. The summed E-state index contributed by atoms with van der Waals surface area (Å²) in [5.41, 5.74) is 0. The van der Waals surface area contributed by atoms with Crippen molar-refractivity contribution in [2.75, 3.05) is 19.8 Å². The lowest BCUT2D eigenvalue weighted by Gasteiger charge is -2.18. The predicted octanol–water partition coefficient (Wildman–Crippen LogP) is 15.2. The third kappa shape index (κ3) is 44.8. The van der Waals surface area contributed by atoms with E-state index in [1.54, 1.807) is 0 Å². The molecule has 324 valence electrons. The number of carbonyl (C=O) groups is 2. The third-order valence-electron chi connectivity index (χ3n) is 8.68. The fourth-order valence-electron chi connectivity index (χ4n) is 5.40. The predicted molar refractivity (Wildman–Crippen MR) is 251 cm³/mol. The SMILES string of the molecule is CC/C=C\C/C=C\C/C=C\C/C=C\C/C=C\CC(=O)OCC(COCCCCCCCC/C=C\C/C=C\CCC)OC(=O)CC/C=C\C/C=C\C/C=C\C/C=C\CC. The Bertz CT molecular complexity index is 1270. The van der Waals surface area contributed by atoms with Crippen LogP contribution in [0.2, 0.25) is 0 Å². The first-order valence-electron chi connectivity index (χ1n) is 22.7. The summed E-state index contributed by atoms with van der Waals surface area (Å²) in [6.45, 7) is 7.29. The molecule has 0 saturated carbocycles. The summed E-state index contributed by atoms with van der Waals surface area (Å²) in [5.74, 6) is -0.658. The van der Waals surface area contributed by atoms with Crippen molar-refractivity contribution < 1.29 is 23.8 Å². The molecule has 0 spiro atoms. The largest absolute Gasteiger partial charge is 0.461 e. The molecule has 58 heavy (non-hydrogen) atoms. The van der Waals surface area contributed by atoms with Crippen molar-refractivity contribution in [3.63, 3.8) is 0 Å². The first-order chi connectivity index (χ1) is 28.6. The second-order valence-electron chi connectivity index (χ2n) is 14.2. The summed E-state index contributed by atoms with van der Waals surface area (Å²) in [5, 5.41) is 0. The Morgan fingerprint density at radius 2 is 0.828 bits per heavy atom. The van der Waals surface area contributed by atoms with Crippen LogP contribution in [0.3, 0.4) is 0 Å². The zero-order valence-corrected chi connectivity index (χ0v) is 37.0. The minimum atomic E-state index is -0.627. The number of hydrogen-bond acceptors (Lipinski definition) is 5. The number of ether oxygens (including phenoxy) is 3. The molecule has 0 aromatic carbocycles. The van der Waals surface area contributed by atoms with Crippen LogP contribution in [0.5, 0.6) is 0 Å². The van der Waals surface area contributed by atoms with Crippen molar-refractivity contribution in [1.29, 1.82) is 0 Å². The fraction of sp³-hybridized carbons (Fsp3) is 0.547. The van der Waals surface area contributed by atoms with E-state index in [-0.39, 0.29) is 38.0 Å². The summed E-state index contributed by atoms with van der Waals surface area (Å²) in [6.07, 6.45) is 67.7. The van der Waals surface area contributed by atoms with E-state index in [1.807, 2.05) is 18.2 Å². The van der Waals surface area contributed by atoms with Crippen LogP contribution in [0.25, 0.3) is 0 Å². The Labute approximate surface area is 356 Å². The highest BCUT2D eigenvalue weighted by atomic mass is 16.6. The average molecular weight is 799 g/mol. The number of esters is 2. The molecule has 0 aliphatic carbocycles. The highest BCUT2D eigenvalue weighted by Crippen LogP contribution is 2.09.